The third-order valence-electron chi connectivity index (χ3n) is 5.68. The fourth-order valence-corrected chi connectivity index (χ4v) is 4.15. The van der Waals surface area contributed by atoms with Crippen LogP contribution in [0.15, 0.2) is 35.3 Å². The molecule has 152 valence electrons. The van der Waals surface area contributed by atoms with Gasteiger partial charge in [0.05, 0.1) is 11.4 Å². The quantitative estimate of drug-likeness (QED) is 0.677. The average Bonchev–Trinajstić information content (AvgIpc) is 2.87. The summed E-state index contributed by atoms with van der Waals surface area (Å²) in [5, 5.41) is 4.41. The molecule has 2 heterocycles. The average molecular weight is 392 g/mol. The van der Waals surface area contributed by atoms with Crippen molar-refractivity contribution in [2.45, 2.75) is 52.1 Å². The molecule has 1 N–H and O–H groups in total. The number of aromatic amines is 1. The molecule has 2 aromatic heterocycles. The van der Waals surface area contributed by atoms with E-state index >= 15 is 0 Å². The minimum absolute atomic E-state index is 0.0301. The summed E-state index contributed by atoms with van der Waals surface area (Å²) < 4.78 is 1.86. The maximum atomic E-state index is 12.5. The zero-order valence-corrected chi connectivity index (χ0v) is 17.5. The maximum absolute atomic E-state index is 12.5. The summed E-state index contributed by atoms with van der Waals surface area (Å²) >= 11 is 0. The first kappa shape index (κ1) is 19.6. The summed E-state index contributed by atoms with van der Waals surface area (Å²) in [6.45, 7) is 3.76. The number of nitrogens with zero attached hydrogens (tertiary/aromatic N) is 4. The second-order valence-electron chi connectivity index (χ2n) is 8.18. The SMILES string of the molecule is Cc1nn(C)cc1CN(C)Cc1ccc(-c2nc3c(c(=O)[nH]2)CCCCC3)cc1. The molecule has 4 rings (SSSR count). The highest BCUT2D eigenvalue weighted by molar-refractivity contribution is 5.55. The highest BCUT2D eigenvalue weighted by Crippen LogP contribution is 2.21. The molecule has 0 bridgehead atoms. The molecule has 0 amide bonds. The Morgan fingerprint density at radius 1 is 1.10 bits per heavy atom. The maximum Gasteiger partial charge on any atom is 0.254 e. The monoisotopic (exact) mass is 391 g/mol. The van der Waals surface area contributed by atoms with Gasteiger partial charge in [-0.2, -0.15) is 5.10 Å². The van der Waals surface area contributed by atoms with Gasteiger partial charge in [0.2, 0.25) is 0 Å². The number of hydrogen-bond acceptors (Lipinski definition) is 4. The third kappa shape index (κ3) is 4.48. The lowest BCUT2D eigenvalue weighted by Crippen LogP contribution is -2.18. The van der Waals surface area contributed by atoms with Crippen LogP contribution in [0.5, 0.6) is 0 Å². The lowest BCUT2D eigenvalue weighted by molar-refractivity contribution is 0.318. The normalized spacial score (nSPS) is 14.1. The molecule has 0 saturated carbocycles. The molecule has 1 aliphatic rings. The second-order valence-corrected chi connectivity index (χ2v) is 8.18. The Morgan fingerprint density at radius 2 is 1.86 bits per heavy atom. The van der Waals surface area contributed by atoms with E-state index in [9.17, 15) is 4.79 Å². The number of aromatic nitrogens is 4. The first-order valence-corrected chi connectivity index (χ1v) is 10.4. The zero-order valence-electron chi connectivity index (χ0n) is 17.5. The van der Waals surface area contributed by atoms with Gasteiger partial charge in [-0.1, -0.05) is 30.7 Å². The van der Waals surface area contributed by atoms with Crippen molar-refractivity contribution in [3.8, 4) is 11.4 Å². The molecule has 29 heavy (non-hydrogen) atoms. The van der Waals surface area contributed by atoms with Crippen molar-refractivity contribution in [3.63, 3.8) is 0 Å². The summed E-state index contributed by atoms with van der Waals surface area (Å²) in [4.78, 5) is 22.6. The Morgan fingerprint density at radius 3 is 2.59 bits per heavy atom. The van der Waals surface area contributed by atoms with Gasteiger partial charge in [0.25, 0.3) is 5.56 Å². The van der Waals surface area contributed by atoms with Crippen LogP contribution in [0.2, 0.25) is 0 Å². The van der Waals surface area contributed by atoms with Crippen LogP contribution < -0.4 is 5.56 Å². The summed E-state index contributed by atoms with van der Waals surface area (Å²) in [7, 11) is 4.07. The van der Waals surface area contributed by atoms with Crippen molar-refractivity contribution < 1.29 is 0 Å². The van der Waals surface area contributed by atoms with Crippen LogP contribution in [0.4, 0.5) is 0 Å². The molecule has 0 fully saturated rings. The molecule has 6 nitrogen and oxygen atoms in total. The number of hydrogen-bond donors (Lipinski definition) is 1. The van der Waals surface area contributed by atoms with Gasteiger partial charge in [-0.05, 0) is 45.2 Å². The van der Waals surface area contributed by atoms with E-state index in [1.54, 1.807) is 0 Å². The first-order chi connectivity index (χ1) is 14.0. The Kier molecular flexibility index (Phi) is 5.62. The molecule has 0 saturated heterocycles. The van der Waals surface area contributed by atoms with E-state index in [1.807, 2.05) is 18.7 Å². The molecule has 0 radical (unpaired) electrons. The summed E-state index contributed by atoms with van der Waals surface area (Å²) in [5.74, 6) is 0.682. The second kappa shape index (κ2) is 8.33. The number of H-pyrrole nitrogens is 1. The van der Waals surface area contributed by atoms with Crippen LogP contribution in [0, 0.1) is 6.92 Å². The van der Waals surface area contributed by atoms with E-state index in [-0.39, 0.29) is 5.56 Å². The minimum atomic E-state index is 0.0301. The van der Waals surface area contributed by atoms with Gasteiger partial charge >= 0.3 is 0 Å². The van der Waals surface area contributed by atoms with E-state index < -0.39 is 0 Å². The van der Waals surface area contributed by atoms with Gasteiger partial charge in [-0.3, -0.25) is 14.4 Å². The fraction of sp³-hybridized carbons (Fsp3) is 0.435. The van der Waals surface area contributed by atoms with Gasteiger partial charge < -0.3 is 4.98 Å². The first-order valence-electron chi connectivity index (χ1n) is 10.4. The molecule has 0 atom stereocenters. The smallest absolute Gasteiger partial charge is 0.254 e. The van der Waals surface area contributed by atoms with Crippen LogP contribution in [-0.2, 0) is 33.0 Å². The number of rotatable bonds is 5. The molecule has 0 aliphatic heterocycles. The van der Waals surface area contributed by atoms with Crippen molar-refractivity contribution in [2.24, 2.45) is 7.05 Å². The van der Waals surface area contributed by atoms with E-state index in [0.29, 0.717) is 5.82 Å². The van der Waals surface area contributed by atoms with Crippen LogP contribution in [-0.4, -0.2) is 31.7 Å². The van der Waals surface area contributed by atoms with Crippen LogP contribution in [0.3, 0.4) is 0 Å². The lowest BCUT2D eigenvalue weighted by Gasteiger charge is -2.16. The predicted octanol–water partition coefficient (Wildman–Crippen LogP) is 3.38. The summed E-state index contributed by atoms with van der Waals surface area (Å²) in [6.07, 6.45) is 7.20. The molecule has 0 unspecified atom stereocenters. The molecular formula is C23H29N5O. The molecule has 6 heteroatoms. The minimum Gasteiger partial charge on any atom is -0.306 e. The molecule has 3 aromatic rings. The molecular weight excluding hydrogens is 362 g/mol. The van der Waals surface area contributed by atoms with Crippen molar-refractivity contribution in [1.29, 1.82) is 0 Å². The van der Waals surface area contributed by atoms with E-state index in [2.05, 4.69) is 52.5 Å². The molecule has 0 spiro atoms. The Balaban J connectivity index is 1.48. The number of benzene rings is 1. The van der Waals surface area contributed by atoms with Crippen molar-refractivity contribution in [2.75, 3.05) is 7.05 Å². The zero-order chi connectivity index (χ0) is 20.4. The Labute approximate surface area is 171 Å². The van der Waals surface area contributed by atoms with Gasteiger partial charge in [0.1, 0.15) is 5.82 Å². The van der Waals surface area contributed by atoms with Crippen LogP contribution >= 0.6 is 0 Å². The fourth-order valence-electron chi connectivity index (χ4n) is 4.15. The predicted molar refractivity (Wildman–Crippen MR) is 115 cm³/mol. The van der Waals surface area contributed by atoms with Gasteiger partial charge in [0, 0.05) is 43.0 Å². The standard InChI is InChI=1S/C23H29N5O/c1-16-19(15-28(3)26-16)14-27(2)13-17-9-11-18(12-10-17)22-24-21-8-6-4-5-7-20(21)23(29)25-22/h9-12,15H,4-8,13-14H2,1-3H3,(H,24,25,29). The molecule has 1 aromatic carbocycles. The third-order valence-corrected chi connectivity index (χ3v) is 5.68. The topological polar surface area (TPSA) is 66.8 Å². The van der Waals surface area contributed by atoms with Crippen molar-refractivity contribution in [1.82, 2.24) is 24.6 Å². The van der Waals surface area contributed by atoms with Gasteiger partial charge in [-0.15, -0.1) is 0 Å². The number of aryl methyl sites for hydroxylation is 3. The summed E-state index contributed by atoms with van der Waals surface area (Å²) in [6, 6.07) is 8.35. The van der Waals surface area contributed by atoms with Crippen molar-refractivity contribution in [3.05, 3.63) is 68.9 Å². The number of fused-ring (bicyclic) bond motifs is 1. The van der Waals surface area contributed by atoms with E-state index in [4.69, 9.17) is 4.98 Å². The van der Waals surface area contributed by atoms with E-state index in [1.165, 1.54) is 17.5 Å². The highest BCUT2D eigenvalue weighted by atomic mass is 16.1. The van der Waals surface area contributed by atoms with Crippen LogP contribution in [0.25, 0.3) is 11.4 Å². The van der Waals surface area contributed by atoms with Gasteiger partial charge in [-0.25, -0.2) is 4.98 Å². The lowest BCUT2D eigenvalue weighted by atomic mass is 10.1. The Hall–Kier alpha value is -2.73. The van der Waals surface area contributed by atoms with Gasteiger partial charge in [0.15, 0.2) is 0 Å². The molecule has 1 aliphatic carbocycles. The largest absolute Gasteiger partial charge is 0.306 e. The summed E-state index contributed by atoms with van der Waals surface area (Å²) in [5.41, 5.74) is 6.42. The number of nitrogens with one attached hydrogen (secondary N) is 1. The van der Waals surface area contributed by atoms with Crippen molar-refractivity contribution >= 4 is 0 Å². The Bertz CT molecular complexity index is 1050. The van der Waals surface area contributed by atoms with Crippen LogP contribution in [0.1, 0.15) is 47.3 Å². The highest BCUT2D eigenvalue weighted by Gasteiger charge is 2.15. The van der Waals surface area contributed by atoms with E-state index in [0.717, 1.165) is 61.3 Å².